The molecule has 0 radical (unpaired) electrons. The number of methoxy groups -OCH3 is 1. The Morgan fingerprint density at radius 2 is 2.16 bits per heavy atom. The van der Waals surface area contributed by atoms with E-state index in [1.165, 1.54) is 0 Å². The number of carbonyl (C=O) groups is 1. The molecule has 0 bridgehead atoms. The predicted molar refractivity (Wildman–Crippen MR) is 75.3 cm³/mol. The molecule has 106 valence electrons. The number of hydrogen-bond acceptors (Lipinski definition) is 4. The first-order chi connectivity index (χ1) is 9.21. The Bertz CT molecular complexity index is 392. The molecule has 0 spiro atoms. The number of amides is 1. The first-order valence-electron chi connectivity index (χ1n) is 6.45. The van der Waals surface area contributed by atoms with E-state index < -0.39 is 0 Å². The lowest BCUT2D eigenvalue weighted by Gasteiger charge is -2.14. The van der Waals surface area contributed by atoms with Gasteiger partial charge in [0.05, 0.1) is 24.8 Å². The topological polar surface area (TPSA) is 73.6 Å². The minimum atomic E-state index is -0.260. The number of ether oxygens (including phenoxy) is 2. The molecule has 1 rings (SSSR count). The van der Waals surface area contributed by atoms with Gasteiger partial charge >= 0.3 is 0 Å². The lowest BCUT2D eigenvalue weighted by atomic mass is 10.2. The van der Waals surface area contributed by atoms with Crippen LogP contribution in [0.15, 0.2) is 24.3 Å². The van der Waals surface area contributed by atoms with Gasteiger partial charge < -0.3 is 20.5 Å². The van der Waals surface area contributed by atoms with Gasteiger partial charge in [-0.15, -0.1) is 0 Å². The van der Waals surface area contributed by atoms with Crippen molar-refractivity contribution in [3.63, 3.8) is 0 Å². The summed E-state index contributed by atoms with van der Waals surface area (Å²) >= 11 is 0. The molecule has 1 unspecified atom stereocenters. The fourth-order valence-corrected chi connectivity index (χ4v) is 1.58. The van der Waals surface area contributed by atoms with Crippen LogP contribution in [0, 0.1) is 0 Å². The average molecular weight is 266 g/mol. The molecule has 1 aromatic rings. The van der Waals surface area contributed by atoms with Crippen molar-refractivity contribution < 1.29 is 14.3 Å². The van der Waals surface area contributed by atoms with E-state index in [4.69, 9.17) is 15.2 Å². The quantitative estimate of drug-likeness (QED) is 0.752. The number of hydrogen-bond donors (Lipinski definition) is 2. The fourth-order valence-electron chi connectivity index (χ4n) is 1.58. The molecule has 1 amide bonds. The molecule has 0 aliphatic rings. The zero-order valence-corrected chi connectivity index (χ0v) is 11.5. The molecule has 0 saturated carbocycles. The molecule has 0 aliphatic carbocycles. The highest BCUT2D eigenvalue weighted by atomic mass is 16.5. The molecule has 0 fully saturated rings. The highest BCUT2D eigenvalue weighted by Crippen LogP contribution is 2.24. The van der Waals surface area contributed by atoms with Gasteiger partial charge in [-0.05, 0) is 18.6 Å². The molecular formula is C14H22N2O3. The van der Waals surface area contributed by atoms with Gasteiger partial charge in [-0.3, -0.25) is 4.79 Å². The maximum absolute atomic E-state index is 11.9. The van der Waals surface area contributed by atoms with Gasteiger partial charge in [0.2, 0.25) is 5.91 Å². The van der Waals surface area contributed by atoms with E-state index in [2.05, 4.69) is 5.32 Å². The molecular weight excluding hydrogens is 244 g/mol. The second-order valence-electron chi connectivity index (χ2n) is 4.19. The van der Waals surface area contributed by atoms with Crippen molar-refractivity contribution in [3.05, 3.63) is 24.3 Å². The smallest absolute Gasteiger partial charge is 0.227 e. The summed E-state index contributed by atoms with van der Waals surface area (Å²) in [7, 11) is 1.54. The van der Waals surface area contributed by atoms with Crippen molar-refractivity contribution in [2.45, 2.75) is 25.9 Å². The standard InChI is InChI=1S/C14H22N2O3/c1-3-8-19-13-7-5-4-6-12(13)16-14(17)9-11(10-15)18-2/h4-7,11H,3,8-10,15H2,1-2H3,(H,16,17). The molecule has 1 atom stereocenters. The summed E-state index contributed by atoms with van der Waals surface area (Å²) in [6.07, 6.45) is 0.889. The number of carbonyl (C=O) groups excluding carboxylic acids is 1. The van der Waals surface area contributed by atoms with E-state index in [0.717, 1.165) is 6.42 Å². The molecule has 3 N–H and O–H groups in total. The van der Waals surface area contributed by atoms with Gasteiger partial charge in [0.25, 0.3) is 0 Å². The van der Waals surface area contributed by atoms with Crippen LogP contribution in [-0.2, 0) is 9.53 Å². The van der Waals surface area contributed by atoms with Crippen molar-refractivity contribution >= 4 is 11.6 Å². The number of nitrogens with one attached hydrogen (secondary N) is 1. The van der Waals surface area contributed by atoms with Crippen LogP contribution in [0.3, 0.4) is 0 Å². The third-order valence-corrected chi connectivity index (χ3v) is 2.63. The SMILES string of the molecule is CCCOc1ccccc1NC(=O)CC(CN)OC. The van der Waals surface area contributed by atoms with E-state index in [1.807, 2.05) is 31.2 Å². The maximum Gasteiger partial charge on any atom is 0.227 e. The summed E-state index contributed by atoms with van der Waals surface area (Å²) in [5.74, 6) is 0.546. The zero-order valence-electron chi connectivity index (χ0n) is 11.5. The largest absolute Gasteiger partial charge is 0.491 e. The average Bonchev–Trinajstić information content (AvgIpc) is 2.43. The van der Waals surface area contributed by atoms with Crippen molar-refractivity contribution in [2.24, 2.45) is 5.73 Å². The molecule has 1 aromatic carbocycles. The number of para-hydroxylation sites is 2. The summed E-state index contributed by atoms with van der Waals surface area (Å²) in [6.45, 7) is 2.97. The van der Waals surface area contributed by atoms with Gasteiger partial charge in [0.15, 0.2) is 0 Å². The van der Waals surface area contributed by atoms with Gasteiger partial charge in [-0.25, -0.2) is 0 Å². The Labute approximate surface area is 114 Å². The molecule has 0 heterocycles. The maximum atomic E-state index is 11.9. The van der Waals surface area contributed by atoms with Gasteiger partial charge in [-0.1, -0.05) is 19.1 Å². The van der Waals surface area contributed by atoms with Crippen molar-refractivity contribution in [1.82, 2.24) is 0 Å². The molecule has 0 aliphatic heterocycles. The summed E-state index contributed by atoms with van der Waals surface area (Å²) in [6, 6.07) is 7.37. The number of benzene rings is 1. The Morgan fingerprint density at radius 3 is 2.79 bits per heavy atom. The van der Waals surface area contributed by atoms with Gasteiger partial charge in [-0.2, -0.15) is 0 Å². The highest BCUT2D eigenvalue weighted by molar-refractivity contribution is 5.92. The summed E-state index contributed by atoms with van der Waals surface area (Å²) < 4.78 is 10.7. The lowest BCUT2D eigenvalue weighted by molar-refractivity contribution is -0.118. The Hall–Kier alpha value is -1.59. The zero-order chi connectivity index (χ0) is 14.1. The molecule has 5 heteroatoms. The van der Waals surface area contributed by atoms with Crippen LogP contribution in [0.4, 0.5) is 5.69 Å². The van der Waals surface area contributed by atoms with E-state index in [0.29, 0.717) is 24.6 Å². The monoisotopic (exact) mass is 266 g/mol. The van der Waals surface area contributed by atoms with E-state index >= 15 is 0 Å². The summed E-state index contributed by atoms with van der Waals surface area (Å²) in [5, 5.41) is 2.82. The third-order valence-electron chi connectivity index (χ3n) is 2.63. The highest BCUT2D eigenvalue weighted by Gasteiger charge is 2.13. The second-order valence-corrected chi connectivity index (χ2v) is 4.19. The first-order valence-corrected chi connectivity index (χ1v) is 6.45. The normalized spacial score (nSPS) is 11.9. The van der Waals surface area contributed by atoms with Crippen LogP contribution in [0.5, 0.6) is 5.75 Å². The molecule has 5 nitrogen and oxygen atoms in total. The van der Waals surface area contributed by atoms with Crippen molar-refractivity contribution in [1.29, 1.82) is 0 Å². The molecule has 0 saturated heterocycles. The van der Waals surface area contributed by atoms with Crippen molar-refractivity contribution in [2.75, 3.05) is 25.6 Å². The number of anilines is 1. The van der Waals surface area contributed by atoms with Crippen LogP contribution < -0.4 is 15.8 Å². The fraction of sp³-hybridized carbons (Fsp3) is 0.500. The van der Waals surface area contributed by atoms with Crippen LogP contribution >= 0.6 is 0 Å². The summed E-state index contributed by atoms with van der Waals surface area (Å²) in [5.41, 5.74) is 6.16. The molecule has 19 heavy (non-hydrogen) atoms. The predicted octanol–water partition coefficient (Wildman–Crippen LogP) is 1.78. The lowest BCUT2D eigenvalue weighted by Crippen LogP contribution is -2.28. The second kappa shape index (κ2) is 8.50. The van der Waals surface area contributed by atoms with Crippen molar-refractivity contribution in [3.8, 4) is 5.75 Å². The first kappa shape index (κ1) is 15.5. The summed E-state index contributed by atoms with van der Waals surface area (Å²) in [4.78, 5) is 11.9. The van der Waals surface area contributed by atoms with E-state index in [9.17, 15) is 4.79 Å². The Kier molecular flexibility index (Phi) is 6.92. The van der Waals surface area contributed by atoms with E-state index in [1.54, 1.807) is 7.11 Å². The number of nitrogens with two attached hydrogens (primary N) is 1. The Balaban J connectivity index is 2.62. The van der Waals surface area contributed by atoms with Crippen LogP contribution in [-0.4, -0.2) is 32.3 Å². The van der Waals surface area contributed by atoms with Gasteiger partial charge in [0, 0.05) is 13.7 Å². The van der Waals surface area contributed by atoms with Crippen LogP contribution in [0.1, 0.15) is 19.8 Å². The number of rotatable bonds is 8. The van der Waals surface area contributed by atoms with Gasteiger partial charge in [0.1, 0.15) is 5.75 Å². The van der Waals surface area contributed by atoms with Crippen LogP contribution in [0.25, 0.3) is 0 Å². The Morgan fingerprint density at radius 1 is 1.42 bits per heavy atom. The van der Waals surface area contributed by atoms with E-state index in [-0.39, 0.29) is 18.4 Å². The third kappa shape index (κ3) is 5.28. The minimum absolute atomic E-state index is 0.134. The van der Waals surface area contributed by atoms with Crippen LogP contribution in [0.2, 0.25) is 0 Å². The minimum Gasteiger partial charge on any atom is -0.491 e. The molecule has 0 aromatic heterocycles.